The molecule has 9 nitrogen and oxygen atoms in total. The Bertz CT molecular complexity index is 1040. The van der Waals surface area contributed by atoms with Crippen molar-refractivity contribution in [1.29, 1.82) is 0 Å². The second kappa shape index (κ2) is 9.70. The fourth-order valence-electron chi connectivity index (χ4n) is 3.71. The molecule has 1 atom stereocenters. The average Bonchev–Trinajstić information content (AvgIpc) is 3.18. The monoisotopic (exact) mass is 462 g/mol. The molecule has 0 radical (unpaired) electrons. The van der Waals surface area contributed by atoms with Crippen molar-refractivity contribution in [3.8, 4) is 0 Å². The minimum atomic E-state index is -1.31. The molecule has 2 heterocycles. The minimum Gasteiger partial charge on any atom is -0.461 e. The van der Waals surface area contributed by atoms with Crippen LogP contribution in [-0.4, -0.2) is 60.0 Å². The lowest BCUT2D eigenvalue weighted by molar-refractivity contribution is -0.126. The van der Waals surface area contributed by atoms with Crippen molar-refractivity contribution in [3.05, 3.63) is 46.2 Å². The number of aromatic nitrogens is 2. The lowest BCUT2D eigenvalue weighted by Gasteiger charge is -2.43. The fourth-order valence-corrected chi connectivity index (χ4v) is 3.88. The molecule has 0 fully saturated rings. The third kappa shape index (κ3) is 4.35. The first-order chi connectivity index (χ1) is 15.2. The van der Waals surface area contributed by atoms with Crippen molar-refractivity contribution in [2.75, 3.05) is 31.8 Å². The van der Waals surface area contributed by atoms with Gasteiger partial charge in [-0.2, -0.15) is 5.10 Å². The summed E-state index contributed by atoms with van der Waals surface area (Å²) in [5.41, 5.74) is 0.0753. The van der Waals surface area contributed by atoms with Gasteiger partial charge in [0.05, 0.1) is 13.2 Å². The maximum atomic E-state index is 13.6. The molecule has 0 bridgehead atoms. The summed E-state index contributed by atoms with van der Waals surface area (Å²) in [6.07, 6.45) is 0.627. The van der Waals surface area contributed by atoms with Crippen LogP contribution in [0.4, 0.5) is 5.69 Å². The highest BCUT2D eigenvalue weighted by Gasteiger charge is 2.49. The number of halogens is 1. The number of ether oxygens (including phenoxy) is 2. The number of carbonyl (C=O) groups is 3. The van der Waals surface area contributed by atoms with Crippen LogP contribution < -0.4 is 10.2 Å². The third-order valence-corrected chi connectivity index (χ3v) is 5.83. The largest absolute Gasteiger partial charge is 0.461 e. The minimum absolute atomic E-state index is 0.0164. The summed E-state index contributed by atoms with van der Waals surface area (Å²) in [7, 11) is 1.59. The van der Waals surface area contributed by atoms with Crippen molar-refractivity contribution >= 4 is 35.1 Å². The van der Waals surface area contributed by atoms with Crippen LogP contribution in [0.1, 0.15) is 46.8 Å². The van der Waals surface area contributed by atoms with Gasteiger partial charge in [0.2, 0.25) is 5.91 Å². The van der Waals surface area contributed by atoms with Crippen LogP contribution >= 0.6 is 11.6 Å². The van der Waals surface area contributed by atoms with Gasteiger partial charge in [-0.15, -0.1) is 0 Å². The van der Waals surface area contributed by atoms with E-state index in [2.05, 4.69) is 10.4 Å². The predicted molar refractivity (Wildman–Crippen MR) is 119 cm³/mol. The number of hydrogen-bond donors (Lipinski definition) is 1. The lowest BCUT2D eigenvalue weighted by Crippen LogP contribution is -2.64. The molecular weight excluding hydrogens is 436 g/mol. The summed E-state index contributed by atoms with van der Waals surface area (Å²) in [4.78, 5) is 40.6. The van der Waals surface area contributed by atoms with Crippen LogP contribution in [0.3, 0.4) is 0 Å². The zero-order valence-electron chi connectivity index (χ0n) is 18.6. The Balaban J connectivity index is 2.06. The van der Waals surface area contributed by atoms with E-state index in [1.165, 1.54) is 15.6 Å². The molecular formula is C22H27ClN4O5. The standard InChI is InChI=1S/C22H27ClN4O5/c1-5-32-20(29)16-12-18-19(28)27(17-9-6-8-15(23)14(17)2)22(3,13-26(18)25-16)21(30)24-10-7-11-31-4/h6,8-9,12H,5,7,10-11,13H2,1-4H3,(H,24,30). The summed E-state index contributed by atoms with van der Waals surface area (Å²) < 4.78 is 11.4. The summed E-state index contributed by atoms with van der Waals surface area (Å²) in [6, 6.07) is 6.59. The highest BCUT2D eigenvalue weighted by atomic mass is 35.5. The number of nitrogens with one attached hydrogen (secondary N) is 1. The highest BCUT2D eigenvalue weighted by Crippen LogP contribution is 2.36. The summed E-state index contributed by atoms with van der Waals surface area (Å²) in [5, 5.41) is 7.60. The van der Waals surface area contributed by atoms with E-state index in [0.29, 0.717) is 35.8 Å². The van der Waals surface area contributed by atoms with Gasteiger partial charge in [-0.3, -0.25) is 19.2 Å². The molecule has 0 saturated carbocycles. The molecule has 2 aromatic rings. The normalized spacial score (nSPS) is 17.8. The Morgan fingerprint density at radius 2 is 2.09 bits per heavy atom. The second-order valence-corrected chi connectivity index (χ2v) is 8.10. The Morgan fingerprint density at radius 3 is 2.78 bits per heavy atom. The second-order valence-electron chi connectivity index (χ2n) is 7.69. The van der Waals surface area contributed by atoms with E-state index in [1.54, 1.807) is 46.1 Å². The molecule has 0 saturated heterocycles. The van der Waals surface area contributed by atoms with Crippen LogP contribution in [0, 0.1) is 6.92 Å². The van der Waals surface area contributed by atoms with Crippen molar-refractivity contribution in [2.24, 2.45) is 0 Å². The Kier molecular flexibility index (Phi) is 7.20. The van der Waals surface area contributed by atoms with E-state index in [0.717, 1.165) is 0 Å². The van der Waals surface area contributed by atoms with E-state index in [9.17, 15) is 14.4 Å². The number of esters is 1. The number of nitrogens with zero attached hydrogens (tertiary/aromatic N) is 3. The van der Waals surface area contributed by atoms with Crippen LogP contribution in [0.2, 0.25) is 5.02 Å². The van der Waals surface area contributed by atoms with Crippen molar-refractivity contribution in [3.63, 3.8) is 0 Å². The summed E-state index contributed by atoms with van der Waals surface area (Å²) >= 11 is 6.32. The highest BCUT2D eigenvalue weighted by molar-refractivity contribution is 6.32. The van der Waals surface area contributed by atoms with Gasteiger partial charge in [-0.25, -0.2) is 4.79 Å². The fraction of sp³-hybridized carbons (Fsp3) is 0.455. The molecule has 0 aliphatic carbocycles. The first kappa shape index (κ1) is 23.7. The van der Waals surface area contributed by atoms with Gasteiger partial charge >= 0.3 is 5.97 Å². The number of fused-ring (bicyclic) bond motifs is 1. The molecule has 3 rings (SSSR count). The summed E-state index contributed by atoms with van der Waals surface area (Å²) in [6.45, 7) is 6.27. The van der Waals surface area contributed by atoms with E-state index in [1.807, 2.05) is 0 Å². The quantitative estimate of drug-likeness (QED) is 0.478. The summed E-state index contributed by atoms with van der Waals surface area (Å²) in [5.74, 6) is -1.43. The Morgan fingerprint density at radius 1 is 1.34 bits per heavy atom. The molecule has 1 aromatic heterocycles. The number of rotatable bonds is 8. The number of anilines is 1. The Hall–Kier alpha value is -2.91. The molecule has 10 heteroatoms. The molecule has 1 aliphatic heterocycles. The molecule has 2 amide bonds. The smallest absolute Gasteiger partial charge is 0.358 e. The van der Waals surface area contributed by atoms with Gasteiger partial charge in [0.25, 0.3) is 5.91 Å². The van der Waals surface area contributed by atoms with Gasteiger partial charge in [0.15, 0.2) is 5.69 Å². The third-order valence-electron chi connectivity index (χ3n) is 5.42. The average molecular weight is 463 g/mol. The van der Waals surface area contributed by atoms with E-state index >= 15 is 0 Å². The van der Waals surface area contributed by atoms with Crippen LogP contribution in [0.25, 0.3) is 0 Å². The SMILES string of the molecule is CCOC(=O)c1cc2n(n1)CC(C)(C(=O)NCCCOC)N(c1cccc(Cl)c1C)C2=O. The molecule has 32 heavy (non-hydrogen) atoms. The van der Waals surface area contributed by atoms with Gasteiger partial charge in [0, 0.05) is 37.0 Å². The van der Waals surface area contributed by atoms with Gasteiger partial charge in [0.1, 0.15) is 11.2 Å². The molecule has 172 valence electrons. The van der Waals surface area contributed by atoms with Gasteiger partial charge in [-0.1, -0.05) is 17.7 Å². The van der Waals surface area contributed by atoms with Crippen molar-refractivity contribution < 1.29 is 23.9 Å². The van der Waals surface area contributed by atoms with Crippen molar-refractivity contribution in [2.45, 2.75) is 39.3 Å². The van der Waals surface area contributed by atoms with Gasteiger partial charge < -0.3 is 14.8 Å². The molecule has 1 unspecified atom stereocenters. The van der Waals surface area contributed by atoms with Crippen LogP contribution in [-0.2, 0) is 20.8 Å². The number of hydrogen-bond acceptors (Lipinski definition) is 6. The first-order valence-electron chi connectivity index (χ1n) is 10.4. The first-order valence-corrected chi connectivity index (χ1v) is 10.7. The number of benzene rings is 1. The van der Waals surface area contributed by atoms with Crippen LogP contribution in [0.15, 0.2) is 24.3 Å². The van der Waals surface area contributed by atoms with E-state index in [-0.39, 0.29) is 30.4 Å². The van der Waals surface area contributed by atoms with Gasteiger partial charge in [-0.05, 0) is 44.9 Å². The topological polar surface area (TPSA) is 103 Å². The van der Waals surface area contributed by atoms with E-state index < -0.39 is 17.4 Å². The van der Waals surface area contributed by atoms with E-state index in [4.69, 9.17) is 21.1 Å². The number of carbonyl (C=O) groups excluding carboxylic acids is 3. The number of methoxy groups -OCH3 is 1. The predicted octanol–water partition coefficient (Wildman–Crippen LogP) is 2.59. The maximum Gasteiger partial charge on any atom is 0.358 e. The zero-order chi connectivity index (χ0) is 23.5. The maximum absolute atomic E-state index is 13.6. The molecule has 1 aromatic carbocycles. The van der Waals surface area contributed by atoms with Crippen LogP contribution in [0.5, 0.6) is 0 Å². The zero-order valence-corrected chi connectivity index (χ0v) is 19.4. The molecule has 0 spiro atoms. The Labute approximate surface area is 191 Å². The lowest BCUT2D eigenvalue weighted by atomic mass is 9.93. The van der Waals surface area contributed by atoms with Crippen molar-refractivity contribution in [1.82, 2.24) is 15.1 Å². The number of amides is 2. The molecule has 1 N–H and O–H groups in total. The molecule has 1 aliphatic rings.